The Morgan fingerprint density at radius 3 is 2.29 bits per heavy atom. The summed E-state index contributed by atoms with van der Waals surface area (Å²) in [5.74, 6) is -0.669. The van der Waals surface area contributed by atoms with Crippen molar-refractivity contribution in [1.29, 1.82) is 0 Å². The van der Waals surface area contributed by atoms with Crippen molar-refractivity contribution in [1.82, 2.24) is 9.78 Å². The van der Waals surface area contributed by atoms with Gasteiger partial charge in [0.15, 0.2) is 5.60 Å². The van der Waals surface area contributed by atoms with E-state index in [9.17, 15) is 18.0 Å². The number of aromatic nitrogens is 2. The number of hydrogen-bond donors (Lipinski definition) is 0. The molecule has 130 valence electrons. The highest BCUT2D eigenvalue weighted by molar-refractivity contribution is 5.98. The van der Waals surface area contributed by atoms with E-state index in [2.05, 4.69) is 5.10 Å². The minimum absolute atomic E-state index is 0.260. The van der Waals surface area contributed by atoms with E-state index in [-0.39, 0.29) is 5.88 Å². The molecule has 0 fully saturated rings. The molecule has 0 bridgehead atoms. The van der Waals surface area contributed by atoms with Crippen LogP contribution in [-0.2, 0) is 18.0 Å². The van der Waals surface area contributed by atoms with Crippen LogP contribution in [0.5, 0.6) is 5.88 Å². The maximum atomic E-state index is 12.8. The molecule has 0 aliphatic rings. The number of alkyl halides is 3. The highest BCUT2D eigenvalue weighted by Crippen LogP contribution is 2.32. The molecule has 0 unspecified atom stereocenters. The highest BCUT2D eigenvalue weighted by atomic mass is 19.4. The fraction of sp³-hybridized carbons (Fsp3) is 0.375. The standard InChI is InChI=1S/C16H18F3N3O2/c1-15(2,14(23)21(3)11-8-6-5-7-9-11)24-13-10-12(16(17,18)19)22(4)20-13/h5-10H,1-4H3. The predicted octanol–water partition coefficient (Wildman–Crippen LogP) is 3.26. The van der Waals surface area contributed by atoms with Gasteiger partial charge in [0, 0.05) is 25.8 Å². The number of halogens is 3. The Bertz CT molecular complexity index is 724. The van der Waals surface area contributed by atoms with Gasteiger partial charge in [0.1, 0.15) is 5.69 Å². The van der Waals surface area contributed by atoms with E-state index < -0.39 is 23.4 Å². The number of rotatable bonds is 4. The molecule has 0 spiro atoms. The second-order valence-corrected chi connectivity index (χ2v) is 5.80. The normalized spacial score (nSPS) is 12.1. The van der Waals surface area contributed by atoms with Gasteiger partial charge in [-0.05, 0) is 26.0 Å². The van der Waals surface area contributed by atoms with Crippen molar-refractivity contribution in [3.8, 4) is 5.88 Å². The van der Waals surface area contributed by atoms with Crippen LogP contribution in [0.2, 0.25) is 0 Å². The number of carbonyl (C=O) groups is 1. The van der Waals surface area contributed by atoms with E-state index in [1.807, 2.05) is 6.07 Å². The van der Waals surface area contributed by atoms with Crippen LogP contribution >= 0.6 is 0 Å². The summed E-state index contributed by atoms with van der Waals surface area (Å²) < 4.78 is 44.6. The molecule has 0 aliphatic heterocycles. The number of amides is 1. The van der Waals surface area contributed by atoms with Crippen molar-refractivity contribution in [3.05, 3.63) is 42.1 Å². The Morgan fingerprint density at radius 1 is 1.21 bits per heavy atom. The summed E-state index contributed by atoms with van der Waals surface area (Å²) in [6.45, 7) is 2.97. The number of aryl methyl sites for hydroxylation is 1. The minimum atomic E-state index is -4.54. The zero-order valence-electron chi connectivity index (χ0n) is 13.8. The van der Waals surface area contributed by atoms with Crippen LogP contribution in [0.3, 0.4) is 0 Å². The number of hydrogen-bond acceptors (Lipinski definition) is 3. The molecule has 8 heteroatoms. The molecule has 0 N–H and O–H groups in total. The van der Waals surface area contributed by atoms with E-state index in [1.165, 1.54) is 25.8 Å². The maximum Gasteiger partial charge on any atom is 0.433 e. The first-order valence-electron chi connectivity index (χ1n) is 7.16. The second kappa shape index (κ2) is 6.18. The summed E-state index contributed by atoms with van der Waals surface area (Å²) in [4.78, 5) is 14.0. The number of ether oxygens (including phenoxy) is 1. The number of nitrogens with zero attached hydrogens (tertiary/aromatic N) is 3. The van der Waals surface area contributed by atoms with Crippen molar-refractivity contribution in [2.24, 2.45) is 7.05 Å². The summed E-state index contributed by atoms with van der Waals surface area (Å²) >= 11 is 0. The first-order valence-corrected chi connectivity index (χ1v) is 7.16. The Labute approximate surface area is 137 Å². The molecule has 1 aromatic carbocycles. The Hall–Kier alpha value is -2.51. The van der Waals surface area contributed by atoms with Crippen LogP contribution in [0.25, 0.3) is 0 Å². The summed E-state index contributed by atoms with van der Waals surface area (Å²) in [6.07, 6.45) is -4.54. The van der Waals surface area contributed by atoms with Gasteiger partial charge >= 0.3 is 6.18 Å². The topological polar surface area (TPSA) is 47.4 Å². The van der Waals surface area contributed by atoms with E-state index in [1.54, 1.807) is 31.3 Å². The fourth-order valence-electron chi connectivity index (χ4n) is 2.23. The zero-order chi connectivity index (χ0) is 18.1. The van der Waals surface area contributed by atoms with Crippen LogP contribution in [0.1, 0.15) is 19.5 Å². The fourth-order valence-corrected chi connectivity index (χ4v) is 2.23. The third-order valence-corrected chi connectivity index (χ3v) is 3.47. The van der Waals surface area contributed by atoms with Gasteiger partial charge in [0.2, 0.25) is 5.88 Å². The summed E-state index contributed by atoms with van der Waals surface area (Å²) in [5.41, 5.74) is -1.68. The number of likely N-dealkylation sites (N-methyl/N-ethyl adjacent to an activating group) is 1. The van der Waals surface area contributed by atoms with E-state index in [0.717, 1.165) is 6.07 Å². The Balaban J connectivity index is 2.20. The molecule has 2 rings (SSSR count). The predicted molar refractivity (Wildman–Crippen MR) is 82.8 cm³/mol. The average Bonchev–Trinajstić information content (AvgIpc) is 2.86. The monoisotopic (exact) mass is 341 g/mol. The third-order valence-electron chi connectivity index (χ3n) is 3.47. The van der Waals surface area contributed by atoms with E-state index >= 15 is 0 Å². The molecular formula is C16H18F3N3O2. The quantitative estimate of drug-likeness (QED) is 0.858. The van der Waals surface area contributed by atoms with E-state index in [4.69, 9.17) is 4.74 Å². The van der Waals surface area contributed by atoms with Gasteiger partial charge < -0.3 is 9.64 Å². The SMILES string of the molecule is CN(C(=O)C(C)(C)Oc1cc(C(F)(F)F)n(C)n1)c1ccccc1. The Morgan fingerprint density at radius 2 is 1.79 bits per heavy atom. The number of para-hydroxylation sites is 1. The molecule has 0 saturated heterocycles. The van der Waals surface area contributed by atoms with Gasteiger partial charge in [0.25, 0.3) is 5.91 Å². The van der Waals surface area contributed by atoms with Crippen LogP contribution in [0.4, 0.5) is 18.9 Å². The largest absolute Gasteiger partial charge is 0.460 e. The highest BCUT2D eigenvalue weighted by Gasteiger charge is 2.38. The van der Waals surface area contributed by atoms with Crippen LogP contribution < -0.4 is 9.64 Å². The number of benzene rings is 1. The van der Waals surface area contributed by atoms with Gasteiger partial charge in [0.05, 0.1) is 0 Å². The lowest BCUT2D eigenvalue weighted by molar-refractivity contribution is -0.143. The van der Waals surface area contributed by atoms with E-state index in [0.29, 0.717) is 10.4 Å². The number of carbonyl (C=O) groups excluding carboxylic acids is 1. The van der Waals surface area contributed by atoms with Crippen molar-refractivity contribution >= 4 is 11.6 Å². The van der Waals surface area contributed by atoms with Gasteiger partial charge in [-0.15, -0.1) is 5.10 Å². The molecule has 0 aliphatic carbocycles. The summed E-state index contributed by atoms with van der Waals surface area (Å²) in [5, 5.41) is 3.68. The van der Waals surface area contributed by atoms with Crippen molar-refractivity contribution in [2.45, 2.75) is 25.6 Å². The first kappa shape index (κ1) is 17.8. The van der Waals surface area contributed by atoms with Gasteiger partial charge in [-0.1, -0.05) is 18.2 Å². The van der Waals surface area contributed by atoms with Crippen molar-refractivity contribution in [3.63, 3.8) is 0 Å². The summed E-state index contributed by atoms with van der Waals surface area (Å²) in [7, 11) is 2.74. The van der Waals surface area contributed by atoms with Crippen molar-refractivity contribution < 1.29 is 22.7 Å². The maximum absolute atomic E-state index is 12.8. The zero-order valence-corrected chi connectivity index (χ0v) is 13.8. The number of anilines is 1. The minimum Gasteiger partial charge on any atom is -0.460 e. The third kappa shape index (κ3) is 3.69. The summed E-state index contributed by atoms with van der Waals surface area (Å²) in [6, 6.07) is 9.64. The van der Waals surface area contributed by atoms with Crippen molar-refractivity contribution in [2.75, 3.05) is 11.9 Å². The lowest BCUT2D eigenvalue weighted by Crippen LogP contribution is -2.47. The molecule has 2 aromatic rings. The Kier molecular flexibility index (Phi) is 4.59. The van der Waals surface area contributed by atoms with Gasteiger partial charge in [-0.2, -0.15) is 13.2 Å². The smallest absolute Gasteiger partial charge is 0.433 e. The molecule has 1 aromatic heterocycles. The second-order valence-electron chi connectivity index (χ2n) is 5.80. The molecule has 0 atom stereocenters. The molecule has 1 heterocycles. The first-order chi connectivity index (χ1) is 11.0. The van der Waals surface area contributed by atoms with Gasteiger partial charge in [-0.25, -0.2) is 0 Å². The molecule has 0 saturated carbocycles. The van der Waals surface area contributed by atoms with Crippen LogP contribution in [-0.4, -0.2) is 28.3 Å². The molecule has 24 heavy (non-hydrogen) atoms. The van der Waals surface area contributed by atoms with Crippen LogP contribution in [0.15, 0.2) is 36.4 Å². The van der Waals surface area contributed by atoms with Crippen LogP contribution in [0, 0.1) is 0 Å². The van der Waals surface area contributed by atoms with Gasteiger partial charge in [-0.3, -0.25) is 9.48 Å². The molecule has 5 nitrogen and oxygen atoms in total. The molecule has 1 amide bonds. The lowest BCUT2D eigenvalue weighted by Gasteiger charge is -2.29. The molecule has 0 radical (unpaired) electrons. The lowest BCUT2D eigenvalue weighted by atomic mass is 10.1. The average molecular weight is 341 g/mol. The molecular weight excluding hydrogens is 323 g/mol.